The van der Waals surface area contributed by atoms with Gasteiger partial charge < -0.3 is 5.32 Å². The number of hydrogen-bond donors (Lipinski definition) is 1. The first-order chi connectivity index (χ1) is 6.74. The van der Waals surface area contributed by atoms with Crippen LogP contribution in [0, 0.1) is 0 Å². The minimum Gasteiger partial charge on any atom is -0.356 e. The predicted molar refractivity (Wildman–Crippen MR) is 51.8 cm³/mol. The van der Waals surface area contributed by atoms with Crippen LogP contribution >= 0.6 is 0 Å². The fourth-order valence-electron chi connectivity index (χ4n) is 1.05. The highest BCUT2D eigenvalue weighted by Gasteiger charge is 2.00. The topological polar surface area (TPSA) is 64.0 Å². The molecule has 1 amide bonds. The van der Waals surface area contributed by atoms with Crippen molar-refractivity contribution in [1.82, 2.24) is 14.9 Å². The van der Waals surface area contributed by atoms with Gasteiger partial charge in [-0.1, -0.05) is 0 Å². The van der Waals surface area contributed by atoms with Gasteiger partial charge in [0.1, 0.15) is 0 Å². The minimum absolute atomic E-state index is 0.0525. The fourth-order valence-corrected chi connectivity index (χ4v) is 1.05. The molecule has 0 bridgehead atoms. The number of carbonyl (C=O) groups is 1. The standard InChI is InChI=1S/C9H13N3O2/c1-2-11-8(13)4-6-12-7-10-5-3-9(12)14/h3,5,7H,2,4,6H2,1H3,(H,11,13). The Hall–Kier alpha value is -1.65. The molecule has 14 heavy (non-hydrogen) atoms. The molecule has 0 atom stereocenters. The second kappa shape index (κ2) is 5.16. The number of nitrogens with one attached hydrogen (secondary N) is 1. The number of carbonyl (C=O) groups excluding carboxylic acids is 1. The first-order valence-corrected chi connectivity index (χ1v) is 4.51. The molecule has 1 heterocycles. The Balaban J connectivity index is 2.50. The van der Waals surface area contributed by atoms with E-state index in [1.807, 2.05) is 6.92 Å². The molecule has 0 fully saturated rings. The predicted octanol–water partition coefficient (Wildman–Crippen LogP) is -0.231. The summed E-state index contributed by atoms with van der Waals surface area (Å²) in [6.07, 6.45) is 3.17. The molecule has 5 nitrogen and oxygen atoms in total. The minimum atomic E-state index is -0.135. The van der Waals surface area contributed by atoms with E-state index < -0.39 is 0 Å². The summed E-state index contributed by atoms with van der Waals surface area (Å²) in [5.74, 6) is -0.0525. The van der Waals surface area contributed by atoms with Gasteiger partial charge in [0.25, 0.3) is 5.56 Å². The summed E-state index contributed by atoms with van der Waals surface area (Å²) in [5, 5.41) is 2.66. The second-order valence-electron chi connectivity index (χ2n) is 2.82. The summed E-state index contributed by atoms with van der Waals surface area (Å²) in [5.41, 5.74) is -0.135. The van der Waals surface area contributed by atoms with E-state index in [2.05, 4.69) is 10.3 Å². The van der Waals surface area contributed by atoms with Crippen LogP contribution in [0.15, 0.2) is 23.4 Å². The first kappa shape index (κ1) is 10.4. The maximum Gasteiger partial charge on any atom is 0.253 e. The van der Waals surface area contributed by atoms with Crippen LogP contribution in [0.1, 0.15) is 13.3 Å². The molecule has 5 heteroatoms. The third kappa shape index (κ3) is 3.01. The summed E-state index contributed by atoms with van der Waals surface area (Å²) in [4.78, 5) is 26.1. The van der Waals surface area contributed by atoms with E-state index in [0.29, 0.717) is 19.5 Å². The highest BCUT2D eigenvalue weighted by molar-refractivity contribution is 5.75. The van der Waals surface area contributed by atoms with E-state index >= 15 is 0 Å². The zero-order valence-corrected chi connectivity index (χ0v) is 8.06. The molecule has 1 rings (SSSR count). The summed E-state index contributed by atoms with van der Waals surface area (Å²) in [6.45, 7) is 2.84. The SMILES string of the molecule is CCNC(=O)CCn1cnccc1=O. The van der Waals surface area contributed by atoms with E-state index in [1.165, 1.54) is 23.2 Å². The van der Waals surface area contributed by atoms with Crippen molar-refractivity contribution >= 4 is 5.91 Å². The lowest BCUT2D eigenvalue weighted by Gasteiger charge is -2.03. The Kier molecular flexibility index (Phi) is 3.84. The lowest BCUT2D eigenvalue weighted by molar-refractivity contribution is -0.121. The molecule has 1 aromatic rings. The lowest BCUT2D eigenvalue weighted by Crippen LogP contribution is -2.26. The van der Waals surface area contributed by atoms with Crippen molar-refractivity contribution in [2.45, 2.75) is 19.9 Å². The largest absolute Gasteiger partial charge is 0.356 e. The Labute approximate surface area is 81.8 Å². The van der Waals surface area contributed by atoms with Crippen LogP contribution in [-0.2, 0) is 11.3 Å². The van der Waals surface area contributed by atoms with Crippen LogP contribution in [0.2, 0.25) is 0 Å². The number of hydrogen-bond acceptors (Lipinski definition) is 3. The van der Waals surface area contributed by atoms with Crippen LogP contribution < -0.4 is 10.9 Å². The smallest absolute Gasteiger partial charge is 0.253 e. The maximum atomic E-state index is 11.2. The van der Waals surface area contributed by atoms with E-state index in [9.17, 15) is 9.59 Å². The molecule has 0 aliphatic rings. The molecule has 0 saturated carbocycles. The molecular weight excluding hydrogens is 182 g/mol. The van der Waals surface area contributed by atoms with Gasteiger partial charge >= 0.3 is 0 Å². The Morgan fingerprint density at radius 1 is 1.64 bits per heavy atom. The molecule has 0 unspecified atom stereocenters. The molecule has 0 saturated heterocycles. The summed E-state index contributed by atoms with van der Waals surface area (Å²) >= 11 is 0. The summed E-state index contributed by atoms with van der Waals surface area (Å²) in [7, 11) is 0. The van der Waals surface area contributed by atoms with Crippen molar-refractivity contribution in [3.8, 4) is 0 Å². The molecular formula is C9H13N3O2. The molecule has 0 aliphatic carbocycles. The van der Waals surface area contributed by atoms with Crippen LogP contribution in [0.4, 0.5) is 0 Å². The van der Waals surface area contributed by atoms with E-state index in [0.717, 1.165) is 0 Å². The molecule has 0 radical (unpaired) electrons. The molecule has 0 aliphatic heterocycles. The third-order valence-electron chi connectivity index (χ3n) is 1.75. The number of aromatic nitrogens is 2. The zero-order chi connectivity index (χ0) is 10.4. The van der Waals surface area contributed by atoms with Crippen LogP contribution in [-0.4, -0.2) is 22.0 Å². The average molecular weight is 195 g/mol. The molecule has 0 spiro atoms. The van der Waals surface area contributed by atoms with E-state index in [4.69, 9.17) is 0 Å². The van der Waals surface area contributed by atoms with Gasteiger partial charge in [0.2, 0.25) is 5.91 Å². The highest BCUT2D eigenvalue weighted by Crippen LogP contribution is 1.85. The van der Waals surface area contributed by atoms with Gasteiger partial charge in [-0.15, -0.1) is 0 Å². The summed E-state index contributed by atoms with van der Waals surface area (Å²) in [6, 6.07) is 1.37. The number of aryl methyl sites for hydroxylation is 1. The third-order valence-corrected chi connectivity index (χ3v) is 1.75. The van der Waals surface area contributed by atoms with Gasteiger partial charge in [0, 0.05) is 31.8 Å². The Bertz CT molecular complexity index is 359. The zero-order valence-electron chi connectivity index (χ0n) is 8.06. The molecule has 0 aromatic carbocycles. The van der Waals surface area contributed by atoms with Crippen LogP contribution in [0.5, 0.6) is 0 Å². The van der Waals surface area contributed by atoms with Crippen LogP contribution in [0.3, 0.4) is 0 Å². The van der Waals surface area contributed by atoms with Crippen LogP contribution in [0.25, 0.3) is 0 Å². The van der Waals surface area contributed by atoms with Crippen molar-refractivity contribution in [2.75, 3.05) is 6.54 Å². The lowest BCUT2D eigenvalue weighted by atomic mass is 10.4. The number of rotatable bonds is 4. The Morgan fingerprint density at radius 3 is 3.07 bits per heavy atom. The van der Waals surface area contributed by atoms with E-state index in [-0.39, 0.29) is 11.5 Å². The monoisotopic (exact) mass is 195 g/mol. The summed E-state index contributed by atoms with van der Waals surface area (Å²) < 4.78 is 1.41. The molecule has 1 aromatic heterocycles. The fraction of sp³-hybridized carbons (Fsp3) is 0.444. The number of amides is 1. The second-order valence-corrected chi connectivity index (χ2v) is 2.82. The normalized spacial score (nSPS) is 9.79. The first-order valence-electron chi connectivity index (χ1n) is 4.51. The van der Waals surface area contributed by atoms with Gasteiger partial charge in [0.15, 0.2) is 0 Å². The molecule has 1 N–H and O–H groups in total. The Morgan fingerprint density at radius 2 is 2.43 bits per heavy atom. The van der Waals surface area contributed by atoms with Gasteiger partial charge in [-0.3, -0.25) is 14.2 Å². The van der Waals surface area contributed by atoms with Crippen molar-refractivity contribution in [1.29, 1.82) is 0 Å². The molecule has 76 valence electrons. The highest BCUT2D eigenvalue weighted by atomic mass is 16.1. The van der Waals surface area contributed by atoms with Crippen molar-refractivity contribution < 1.29 is 4.79 Å². The van der Waals surface area contributed by atoms with Crippen molar-refractivity contribution in [2.24, 2.45) is 0 Å². The number of nitrogens with zero attached hydrogens (tertiary/aromatic N) is 2. The van der Waals surface area contributed by atoms with Crippen molar-refractivity contribution in [3.63, 3.8) is 0 Å². The quantitative estimate of drug-likeness (QED) is 0.721. The van der Waals surface area contributed by atoms with Gasteiger partial charge in [0.05, 0.1) is 6.33 Å². The van der Waals surface area contributed by atoms with Gasteiger partial charge in [-0.25, -0.2) is 4.98 Å². The maximum absolute atomic E-state index is 11.2. The average Bonchev–Trinajstić information content (AvgIpc) is 2.17. The van der Waals surface area contributed by atoms with Gasteiger partial charge in [-0.05, 0) is 6.92 Å². The van der Waals surface area contributed by atoms with Gasteiger partial charge in [-0.2, -0.15) is 0 Å². The van der Waals surface area contributed by atoms with E-state index in [1.54, 1.807) is 0 Å². The van der Waals surface area contributed by atoms with Crippen molar-refractivity contribution in [3.05, 3.63) is 28.9 Å².